The SMILES string of the molecule is CCN1CCN(c2ccc(-c3cc(Cl)c4c(c3)C(=O)N(C(C(=O)O)c3ncn5c3CCC5)C4)cc2)CC1. The van der Waals surface area contributed by atoms with E-state index in [-0.39, 0.29) is 12.5 Å². The molecule has 192 valence electrons. The van der Waals surface area contributed by atoms with Gasteiger partial charge >= 0.3 is 5.97 Å². The number of aromatic nitrogens is 2. The van der Waals surface area contributed by atoms with Gasteiger partial charge in [-0.1, -0.05) is 30.7 Å². The van der Waals surface area contributed by atoms with Gasteiger partial charge in [0.2, 0.25) is 0 Å². The van der Waals surface area contributed by atoms with E-state index in [1.165, 1.54) is 10.6 Å². The van der Waals surface area contributed by atoms with Crippen LogP contribution in [0.4, 0.5) is 5.69 Å². The molecular weight excluding hydrogens is 490 g/mol. The molecule has 1 N–H and O–H groups in total. The maximum absolute atomic E-state index is 13.5. The number of carboxylic acid groups (broad SMARTS) is 1. The van der Waals surface area contributed by atoms with Crippen LogP contribution in [-0.4, -0.2) is 69.1 Å². The third kappa shape index (κ3) is 4.18. The second-order valence-corrected chi connectivity index (χ2v) is 10.4. The Morgan fingerprint density at radius 2 is 1.84 bits per heavy atom. The molecule has 6 rings (SSSR count). The molecule has 8 nitrogen and oxygen atoms in total. The number of aryl methyl sites for hydroxylation is 1. The van der Waals surface area contributed by atoms with Crippen molar-refractivity contribution in [3.8, 4) is 11.1 Å². The molecule has 3 aliphatic heterocycles. The van der Waals surface area contributed by atoms with Crippen LogP contribution >= 0.6 is 11.6 Å². The Morgan fingerprint density at radius 1 is 1.08 bits per heavy atom. The Hall–Kier alpha value is -3.36. The van der Waals surface area contributed by atoms with E-state index in [2.05, 4.69) is 46.0 Å². The van der Waals surface area contributed by atoms with Gasteiger partial charge < -0.3 is 24.4 Å². The molecule has 9 heteroatoms. The monoisotopic (exact) mass is 519 g/mol. The van der Waals surface area contributed by atoms with Crippen molar-refractivity contribution in [1.29, 1.82) is 0 Å². The molecular formula is C28H30ClN5O3. The zero-order chi connectivity index (χ0) is 25.7. The van der Waals surface area contributed by atoms with E-state index in [1.54, 1.807) is 6.33 Å². The second-order valence-electron chi connectivity index (χ2n) is 10.00. The summed E-state index contributed by atoms with van der Waals surface area (Å²) < 4.78 is 1.98. The molecule has 0 saturated carbocycles. The van der Waals surface area contributed by atoms with E-state index in [9.17, 15) is 14.7 Å². The highest BCUT2D eigenvalue weighted by Gasteiger charge is 2.41. The number of fused-ring (bicyclic) bond motifs is 2. The minimum absolute atomic E-state index is 0.152. The van der Waals surface area contributed by atoms with E-state index in [0.717, 1.165) is 68.9 Å². The molecule has 1 aromatic heterocycles. The second kappa shape index (κ2) is 9.50. The van der Waals surface area contributed by atoms with Crippen LogP contribution in [0.3, 0.4) is 0 Å². The molecule has 1 unspecified atom stereocenters. The number of anilines is 1. The first kappa shape index (κ1) is 24.0. The predicted octanol–water partition coefficient (Wildman–Crippen LogP) is 4.07. The summed E-state index contributed by atoms with van der Waals surface area (Å²) in [5.41, 5.74) is 5.49. The highest BCUT2D eigenvalue weighted by Crippen LogP contribution is 2.39. The molecule has 0 radical (unpaired) electrons. The van der Waals surface area contributed by atoms with Gasteiger partial charge in [-0.3, -0.25) is 4.79 Å². The fourth-order valence-corrected chi connectivity index (χ4v) is 6.16. The highest BCUT2D eigenvalue weighted by atomic mass is 35.5. The molecule has 1 fully saturated rings. The van der Waals surface area contributed by atoms with Gasteiger partial charge in [-0.25, -0.2) is 9.78 Å². The van der Waals surface area contributed by atoms with E-state index in [1.807, 2.05) is 16.7 Å². The maximum atomic E-state index is 13.5. The smallest absolute Gasteiger partial charge is 0.332 e. The Labute approximate surface area is 221 Å². The number of carbonyl (C=O) groups excluding carboxylic acids is 1. The minimum atomic E-state index is -1.14. The number of benzene rings is 2. The van der Waals surface area contributed by atoms with Gasteiger partial charge in [-0.15, -0.1) is 0 Å². The predicted molar refractivity (Wildman–Crippen MR) is 142 cm³/mol. The lowest BCUT2D eigenvalue weighted by molar-refractivity contribution is -0.142. The summed E-state index contributed by atoms with van der Waals surface area (Å²) in [5.74, 6) is -1.41. The van der Waals surface area contributed by atoms with Crippen molar-refractivity contribution in [1.82, 2.24) is 19.4 Å². The number of aliphatic carboxylic acids is 1. The molecule has 3 aromatic rings. The normalized spacial score (nSPS) is 18.3. The Bertz CT molecular complexity index is 1360. The standard InChI is InChI=1S/C28H30ClN5O3/c1-2-31-10-12-32(13-11-31)20-7-5-18(6-8-20)19-14-21-22(23(29)15-19)16-34(27(21)35)26(28(36)37)25-24-4-3-9-33(24)17-30-25/h5-8,14-15,17,26H,2-4,9-13,16H2,1H3,(H,36,37). The Morgan fingerprint density at radius 3 is 2.54 bits per heavy atom. The van der Waals surface area contributed by atoms with E-state index in [4.69, 9.17) is 11.6 Å². The van der Waals surface area contributed by atoms with E-state index in [0.29, 0.717) is 21.8 Å². The summed E-state index contributed by atoms with van der Waals surface area (Å²) in [6.45, 7) is 8.40. The Balaban J connectivity index is 1.26. The van der Waals surface area contributed by atoms with Crippen molar-refractivity contribution in [3.63, 3.8) is 0 Å². The summed E-state index contributed by atoms with van der Waals surface area (Å²) in [4.78, 5) is 36.5. The van der Waals surface area contributed by atoms with Crippen molar-refractivity contribution >= 4 is 29.2 Å². The molecule has 0 bridgehead atoms. The number of piperazine rings is 1. The number of imidazole rings is 1. The number of hydrogen-bond acceptors (Lipinski definition) is 5. The van der Waals surface area contributed by atoms with Gasteiger partial charge in [0.05, 0.1) is 12.0 Å². The number of hydrogen-bond donors (Lipinski definition) is 1. The van der Waals surface area contributed by atoms with E-state index < -0.39 is 12.0 Å². The van der Waals surface area contributed by atoms with Crippen LogP contribution in [0.15, 0.2) is 42.7 Å². The molecule has 37 heavy (non-hydrogen) atoms. The minimum Gasteiger partial charge on any atom is -0.479 e. The molecule has 1 atom stereocenters. The highest BCUT2D eigenvalue weighted by molar-refractivity contribution is 6.32. The number of nitrogens with zero attached hydrogens (tertiary/aromatic N) is 5. The lowest BCUT2D eigenvalue weighted by atomic mass is 10.00. The van der Waals surface area contributed by atoms with Crippen LogP contribution in [-0.2, 0) is 24.3 Å². The summed E-state index contributed by atoms with van der Waals surface area (Å²) in [7, 11) is 0. The topological polar surface area (TPSA) is 81.9 Å². The van der Waals surface area contributed by atoms with Gasteiger partial charge in [0.15, 0.2) is 6.04 Å². The lowest BCUT2D eigenvalue weighted by Gasteiger charge is -2.35. The van der Waals surface area contributed by atoms with Crippen molar-refractivity contribution in [3.05, 3.63) is 70.3 Å². The van der Waals surface area contributed by atoms with Crippen molar-refractivity contribution in [2.24, 2.45) is 0 Å². The third-order valence-corrected chi connectivity index (χ3v) is 8.33. The summed E-state index contributed by atoms with van der Waals surface area (Å²) in [6.07, 6.45) is 3.40. The average molecular weight is 520 g/mol. The van der Waals surface area contributed by atoms with Crippen LogP contribution in [0.25, 0.3) is 11.1 Å². The number of halogens is 1. The summed E-state index contributed by atoms with van der Waals surface area (Å²) in [6, 6.07) is 10.9. The quantitative estimate of drug-likeness (QED) is 0.528. The largest absolute Gasteiger partial charge is 0.479 e. The lowest BCUT2D eigenvalue weighted by Crippen LogP contribution is -2.46. The molecule has 1 amide bonds. The first-order valence-corrected chi connectivity index (χ1v) is 13.3. The van der Waals surface area contributed by atoms with Crippen LogP contribution in [0.5, 0.6) is 0 Å². The molecule has 3 aliphatic rings. The first-order valence-electron chi connectivity index (χ1n) is 12.9. The number of carbonyl (C=O) groups is 2. The number of carboxylic acids is 1. The van der Waals surface area contributed by atoms with Gasteiger partial charge in [0.25, 0.3) is 5.91 Å². The van der Waals surface area contributed by atoms with Crippen molar-refractivity contribution < 1.29 is 14.7 Å². The molecule has 0 spiro atoms. The van der Waals surface area contributed by atoms with Gasteiger partial charge in [0.1, 0.15) is 0 Å². The van der Waals surface area contributed by atoms with Crippen LogP contribution in [0, 0.1) is 0 Å². The number of rotatable bonds is 6. The Kier molecular flexibility index (Phi) is 6.16. The fourth-order valence-electron chi connectivity index (χ4n) is 5.88. The van der Waals surface area contributed by atoms with Crippen molar-refractivity contribution in [2.75, 3.05) is 37.6 Å². The molecule has 0 aliphatic carbocycles. The molecule has 2 aromatic carbocycles. The zero-order valence-electron chi connectivity index (χ0n) is 20.9. The van der Waals surface area contributed by atoms with E-state index >= 15 is 0 Å². The van der Waals surface area contributed by atoms with Gasteiger partial charge in [-0.05, 0) is 54.8 Å². The van der Waals surface area contributed by atoms with Gasteiger partial charge in [-0.2, -0.15) is 0 Å². The number of amides is 1. The third-order valence-electron chi connectivity index (χ3n) is 8.00. The summed E-state index contributed by atoms with van der Waals surface area (Å²) >= 11 is 6.68. The molecule has 4 heterocycles. The molecule has 1 saturated heterocycles. The fraction of sp³-hybridized carbons (Fsp3) is 0.393. The zero-order valence-corrected chi connectivity index (χ0v) is 21.6. The van der Waals surface area contributed by atoms with Gasteiger partial charge in [0, 0.05) is 66.8 Å². The van der Waals surface area contributed by atoms with Crippen LogP contribution < -0.4 is 4.90 Å². The first-order chi connectivity index (χ1) is 17.9. The van der Waals surface area contributed by atoms with Crippen molar-refractivity contribution in [2.45, 2.75) is 38.9 Å². The average Bonchev–Trinajstić information content (AvgIpc) is 3.61. The van der Waals surface area contributed by atoms with Crippen LogP contribution in [0.1, 0.15) is 46.7 Å². The number of likely N-dealkylation sites (N-methyl/N-ethyl adjacent to an activating group) is 1. The van der Waals surface area contributed by atoms with Crippen LogP contribution in [0.2, 0.25) is 5.02 Å². The summed E-state index contributed by atoms with van der Waals surface area (Å²) in [5, 5.41) is 10.6. The maximum Gasteiger partial charge on any atom is 0.332 e.